The van der Waals surface area contributed by atoms with Crippen LogP contribution in [-0.2, 0) is 12.5 Å². The van der Waals surface area contributed by atoms with Gasteiger partial charge in [0, 0.05) is 12.5 Å². The summed E-state index contributed by atoms with van der Waals surface area (Å²) >= 11 is 0. The Labute approximate surface area is 84.1 Å². The Balaban J connectivity index is 3.27. The smallest absolute Gasteiger partial charge is 0.179 e. The minimum Gasteiger partial charge on any atom is -0.324 e. The molecule has 0 bridgehead atoms. The van der Waals surface area contributed by atoms with E-state index in [1.54, 1.807) is 10.9 Å². The number of Topliss-reactive ketones (excluding diaryl/α,β-unsaturated/α-hetero) is 1. The molecule has 0 saturated heterocycles. The molecule has 0 saturated carbocycles. The Kier molecular flexibility index (Phi) is 2.76. The van der Waals surface area contributed by atoms with Crippen molar-refractivity contribution < 1.29 is 4.79 Å². The van der Waals surface area contributed by atoms with Crippen molar-refractivity contribution in [3.8, 4) is 0 Å². The lowest BCUT2D eigenvalue weighted by molar-refractivity contribution is 0.0999. The fourth-order valence-corrected chi connectivity index (χ4v) is 1.64. The maximum atomic E-state index is 11.5. The van der Waals surface area contributed by atoms with Gasteiger partial charge in [-0.25, -0.2) is 0 Å². The van der Waals surface area contributed by atoms with E-state index in [9.17, 15) is 4.79 Å². The molecule has 1 rings (SSSR count). The molecule has 1 aromatic rings. The number of nitrogens with zero attached hydrogens (tertiary/aromatic N) is 2. The molecule has 0 unspecified atom stereocenters. The monoisotopic (exact) mass is 195 g/mol. The van der Waals surface area contributed by atoms with Crippen molar-refractivity contribution in [1.82, 2.24) is 9.78 Å². The zero-order valence-corrected chi connectivity index (χ0v) is 9.16. The molecule has 0 amide bonds. The Morgan fingerprint density at radius 2 is 2.14 bits per heavy atom. The fourth-order valence-electron chi connectivity index (χ4n) is 1.64. The number of rotatable bonds is 2. The lowest BCUT2D eigenvalue weighted by Gasteiger charge is -2.20. The topological polar surface area (TPSA) is 60.9 Å². The number of nitrogens with two attached hydrogens (primary N) is 1. The second-order valence-corrected chi connectivity index (χ2v) is 4.41. The first kappa shape index (κ1) is 10.9. The van der Waals surface area contributed by atoms with Crippen LogP contribution in [0.15, 0.2) is 6.20 Å². The van der Waals surface area contributed by atoms with Crippen molar-refractivity contribution in [3.63, 3.8) is 0 Å². The largest absolute Gasteiger partial charge is 0.324 e. The zero-order valence-electron chi connectivity index (χ0n) is 9.16. The van der Waals surface area contributed by atoms with Gasteiger partial charge >= 0.3 is 0 Å². The van der Waals surface area contributed by atoms with Crippen LogP contribution in [0.5, 0.6) is 0 Å². The summed E-state index contributed by atoms with van der Waals surface area (Å²) in [5.74, 6) is -0.0528. The summed E-state index contributed by atoms with van der Waals surface area (Å²) in [7, 11) is 1.84. The number of aromatic nitrogens is 2. The molecule has 0 radical (unpaired) electrons. The maximum Gasteiger partial charge on any atom is 0.179 e. The fraction of sp³-hybridized carbons (Fsp3) is 0.600. The molecule has 1 aromatic heterocycles. The van der Waals surface area contributed by atoms with E-state index in [4.69, 9.17) is 5.73 Å². The minimum atomic E-state index is -0.0919. The number of hydrogen-bond acceptors (Lipinski definition) is 3. The number of hydrogen-bond donors (Lipinski definition) is 1. The average Bonchev–Trinajstić information content (AvgIpc) is 2.44. The maximum absolute atomic E-state index is 11.5. The molecular weight excluding hydrogens is 178 g/mol. The second kappa shape index (κ2) is 3.53. The second-order valence-electron chi connectivity index (χ2n) is 4.41. The van der Waals surface area contributed by atoms with Crippen molar-refractivity contribution in [2.75, 3.05) is 6.54 Å². The van der Waals surface area contributed by atoms with Crippen molar-refractivity contribution in [1.29, 1.82) is 0 Å². The number of ketones is 1. The molecule has 0 aliphatic rings. The summed E-state index contributed by atoms with van der Waals surface area (Å²) in [6.07, 6.45) is 1.59. The molecule has 0 fully saturated rings. The molecule has 4 nitrogen and oxygen atoms in total. The molecule has 0 aliphatic carbocycles. The van der Waals surface area contributed by atoms with Gasteiger partial charge < -0.3 is 5.73 Å². The average molecular weight is 195 g/mol. The SMILES string of the molecule is Cn1ncc(C(=O)CN)c1C(C)(C)C. The highest BCUT2D eigenvalue weighted by molar-refractivity contribution is 5.98. The molecule has 1 heterocycles. The van der Waals surface area contributed by atoms with Gasteiger partial charge in [-0.2, -0.15) is 5.10 Å². The van der Waals surface area contributed by atoms with Crippen molar-refractivity contribution in [2.45, 2.75) is 26.2 Å². The van der Waals surface area contributed by atoms with Crippen LogP contribution in [0, 0.1) is 0 Å². The predicted molar refractivity (Wildman–Crippen MR) is 55.3 cm³/mol. The van der Waals surface area contributed by atoms with Gasteiger partial charge in [-0.05, 0) is 0 Å². The van der Waals surface area contributed by atoms with Crippen LogP contribution in [0.25, 0.3) is 0 Å². The molecule has 14 heavy (non-hydrogen) atoms. The van der Waals surface area contributed by atoms with Gasteiger partial charge in [-0.15, -0.1) is 0 Å². The molecule has 0 aliphatic heterocycles. The Morgan fingerprint density at radius 1 is 1.57 bits per heavy atom. The van der Waals surface area contributed by atoms with Gasteiger partial charge in [0.15, 0.2) is 5.78 Å². The Bertz CT molecular complexity index is 347. The van der Waals surface area contributed by atoms with E-state index in [1.165, 1.54) is 0 Å². The standard InChI is InChI=1S/C10H17N3O/c1-10(2,3)9-7(8(14)5-11)6-12-13(9)4/h6H,5,11H2,1-4H3. The van der Waals surface area contributed by atoms with Crippen molar-refractivity contribution >= 4 is 5.78 Å². The summed E-state index contributed by atoms with van der Waals surface area (Å²) < 4.78 is 1.74. The van der Waals surface area contributed by atoms with Crippen molar-refractivity contribution in [3.05, 3.63) is 17.5 Å². The zero-order chi connectivity index (χ0) is 10.9. The third-order valence-electron chi connectivity index (χ3n) is 2.13. The van der Waals surface area contributed by atoms with Gasteiger partial charge in [0.2, 0.25) is 0 Å². The Hall–Kier alpha value is -1.16. The quantitative estimate of drug-likeness (QED) is 0.712. The summed E-state index contributed by atoms with van der Waals surface area (Å²) in [6.45, 7) is 6.20. The van der Waals surface area contributed by atoms with E-state index < -0.39 is 0 Å². The molecular formula is C10H17N3O. The van der Waals surface area contributed by atoms with Crippen LogP contribution in [0.3, 0.4) is 0 Å². The van der Waals surface area contributed by atoms with Gasteiger partial charge in [0.25, 0.3) is 0 Å². The van der Waals surface area contributed by atoms with Gasteiger partial charge in [-0.1, -0.05) is 20.8 Å². The van der Waals surface area contributed by atoms with Crippen LogP contribution < -0.4 is 5.73 Å². The minimum absolute atomic E-state index is 0.0365. The molecule has 4 heteroatoms. The van der Waals surface area contributed by atoms with Crippen LogP contribution >= 0.6 is 0 Å². The van der Waals surface area contributed by atoms with Crippen molar-refractivity contribution in [2.24, 2.45) is 12.8 Å². The number of aryl methyl sites for hydroxylation is 1. The highest BCUT2D eigenvalue weighted by Crippen LogP contribution is 2.25. The van der Waals surface area contributed by atoms with E-state index in [0.717, 1.165) is 5.69 Å². The predicted octanol–water partition coefficient (Wildman–Crippen LogP) is 0.859. The Morgan fingerprint density at radius 3 is 2.57 bits per heavy atom. The highest BCUT2D eigenvalue weighted by atomic mass is 16.1. The molecule has 78 valence electrons. The molecule has 0 spiro atoms. The summed E-state index contributed by atoms with van der Waals surface area (Å²) in [6, 6.07) is 0. The van der Waals surface area contributed by atoms with Crippen LogP contribution in [-0.4, -0.2) is 22.1 Å². The summed E-state index contributed by atoms with van der Waals surface area (Å²) in [5.41, 5.74) is 6.83. The lowest BCUT2D eigenvalue weighted by Crippen LogP contribution is -2.23. The molecule has 2 N–H and O–H groups in total. The number of carbonyl (C=O) groups excluding carboxylic acids is 1. The summed E-state index contributed by atoms with van der Waals surface area (Å²) in [4.78, 5) is 11.5. The first-order valence-electron chi connectivity index (χ1n) is 4.63. The first-order chi connectivity index (χ1) is 6.38. The molecule has 0 aromatic carbocycles. The van der Waals surface area contributed by atoms with Gasteiger partial charge in [-0.3, -0.25) is 9.48 Å². The lowest BCUT2D eigenvalue weighted by atomic mass is 9.88. The third kappa shape index (κ3) is 1.85. The van der Waals surface area contributed by atoms with E-state index in [1.807, 2.05) is 7.05 Å². The highest BCUT2D eigenvalue weighted by Gasteiger charge is 2.25. The van der Waals surface area contributed by atoms with Crippen LogP contribution in [0.1, 0.15) is 36.8 Å². The summed E-state index contributed by atoms with van der Waals surface area (Å²) in [5, 5.41) is 4.09. The third-order valence-corrected chi connectivity index (χ3v) is 2.13. The van der Waals surface area contributed by atoms with Crippen LogP contribution in [0.2, 0.25) is 0 Å². The first-order valence-corrected chi connectivity index (χ1v) is 4.63. The molecule has 0 atom stereocenters. The van der Waals surface area contributed by atoms with E-state index >= 15 is 0 Å². The van der Waals surface area contributed by atoms with Crippen LogP contribution in [0.4, 0.5) is 0 Å². The van der Waals surface area contributed by atoms with Gasteiger partial charge in [0.05, 0.1) is 24.0 Å². The number of carbonyl (C=O) groups is 1. The normalized spacial score (nSPS) is 11.8. The van der Waals surface area contributed by atoms with E-state index in [2.05, 4.69) is 25.9 Å². The van der Waals surface area contributed by atoms with E-state index in [0.29, 0.717) is 5.56 Å². The van der Waals surface area contributed by atoms with E-state index in [-0.39, 0.29) is 17.7 Å². The van der Waals surface area contributed by atoms with Gasteiger partial charge in [0.1, 0.15) is 0 Å².